The number of esters is 1. The molecule has 8 heteroatoms. The maximum Gasteiger partial charge on any atom is 0.338 e. The van der Waals surface area contributed by atoms with Crippen molar-refractivity contribution in [3.05, 3.63) is 60.2 Å². The van der Waals surface area contributed by atoms with Crippen molar-refractivity contribution in [1.82, 2.24) is 0 Å². The highest BCUT2D eigenvalue weighted by molar-refractivity contribution is 5.97. The number of hydrogen-bond donors (Lipinski definition) is 2. The van der Waals surface area contributed by atoms with Crippen LogP contribution in [-0.2, 0) is 9.53 Å². The van der Waals surface area contributed by atoms with E-state index < -0.39 is 24.5 Å². The second kappa shape index (κ2) is 9.58. The number of nitrogens with zero attached hydrogens (tertiary/aromatic N) is 2. The number of amides is 3. The van der Waals surface area contributed by atoms with Crippen LogP contribution >= 0.6 is 0 Å². The highest BCUT2D eigenvalue weighted by atomic mass is 16.5. The third-order valence-electron chi connectivity index (χ3n) is 3.53. The van der Waals surface area contributed by atoms with Crippen LogP contribution in [0.25, 0.3) is 0 Å². The molecule has 0 aliphatic rings. The van der Waals surface area contributed by atoms with E-state index in [0.717, 1.165) is 0 Å². The summed E-state index contributed by atoms with van der Waals surface area (Å²) >= 11 is 0. The lowest BCUT2D eigenvalue weighted by molar-refractivity contribution is -0.121. The van der Waals surface area contributed by atoms with Crippen LogP contribution in [0.4, 0.5) is 16.2 Å². The number of rotatable bonds is 7. The number of urea groups is 1. The molecule has 0 bridgehead atoms. The first kappa shape index (κ1) is 19.5. The van der Waals surface area contributed by atoms with E-state index >= 15 is 0 Å². The summed E-state index contributed by atoms with van der Waals surface area (Å²) in [4.78, 5) is 36.7. The van der Waals surface area contributed by atoms with E-state index in [4.69, 9.17) is 15.7 Å². The molecule has 0 spiro atoms. The zero-order valence-corrected chi connectivity index (χ0v) is 14.4. The molecule has 0 radical (unpaired) electrons. The van der Waals surface area contributed by atoms with Gasteiger partial charge < -0.3 is 20.7 Å². The number of carbonyl (C=O) groups excluding carboxylic acids is 3. The van der Waals surface area contributed by atoms with E-state index in [-0.39, 0.29) is 18.5 Å². The standard InChI is InChI=1S/C19H18N4O4/c20-11-4-12-23(16-5-2-1-3-6-16)17(24)13-27-18(25)14-7-9-15(10-8-14)22-19(21)26/h1-3,5-10H,4,12-13H2,(H3,21,22,26). The second-order valence-electron chi connectivity index (χ2n) is 5.43. The lowest BCUT2D eigenvalue weighted by atomic mass is 10.2. The molecular weight excluding hydrogens is 348 g/mol. The van der Waals surface area contributed by atoms with E-state index in [1.54, 1.807) is 24.3 Å². The molecule has 2 aromatic rings. The maximum atomic E-state index is 12.4. The van der Waals surface area contributed by atoms with E-state index in [2.05, 4.69) is 5.32 Å². The smallest absolute Gasteiger partial charge is 0.338 e. The van der Waals surface area contributed by atoms with Crippen molar-refractivity contribution in [2.75, 3.05) is 23.4 Å². The summed E-state index contributed by atoms with van der Waals surface area (Å²) in [5.41, 5.74) is 6.29. The first-order valence-electron chi connectivity index (χ1n) is 8.07. The topological polar surface area (TPSA) is 126 Å². The monoisotopic (exact) mass is 366 g/mol. The van der Waals surface area contributed by atoms with Gasteiger partial charge in [-0.1, -0.05) is 18.2 Å². The minimum absolute atomic E-state index is 0.156. The number of anilines is 2. The molecule has 0 saturated carbocycles. The van der Waals surface area contributed by atoms with Crippen LogP contribution in [0.1, 0.15) is 16.8 Å². The Kier molecular flexibility index (Phi) is 6.91. The average molecular weight is 366 g/mol. The molecule has 0 saturated heterocycles. The first-order chi connectivity index (χ1) is 13.0. The van der Waals surface area contributed by atoms with Gasteiger partial charge in [0.1, 0.15) is 0 Å². The molecule has 0 fully saturated rings. The summed E-state index contributed by atoms with van der Waals surface area (Å²) in [6.07, 6.45) is 0.156. The number of nitriles is 1. The number of benzene rings is 2. The fourth-order valence-corrected chi connectivity index (χ4v) is 2.29. The van der Waals surface area contributed by atoms with Crippen LogP contribution in [0.5, 0.6) is 0 Å². The summed E-state index contributed by atoms with van der Waals surface area (Å²) in [7, 11) is 0. The Bertz CT molecular complexity index is 844. The number of nitrogens with two attached hydrogens (primary N) is 1. The molecule has 0 heterocycles. The van der Waals surface area contributed by atoms with Gasteiger partial charge in [0.05, 0.1) is 18.1 Å². The van der Waals surface area contributed by atoms with Crippen LogP contribution in [0.15, 0.2) is 54.6 Å². The van der Waals surface area contributed by atoms with Gasteiger partial charge >= 0.3 is 12.0 Å². The SMILES string of the molecule is N#CCCN(C(=O)COC(=O)c1ccc(NC(N)=O)cc1)c1ccccc1. The molecule has 8 nitrogen and oxygen atoms in total. The normalized spacial score (nSPS) is 9.74. The molecular formula is C19H18N4O4. The molecule has 0 unspecified atom stereocenters. The fraction of sp³-hybridized carbons (Fsp3) is 0.158. The molecule has 27 heavy (non-hydrogen) atoms. The van der Waals surface area contributed by atoms with Gasteiger partial charge in [-0.15, -0.1) is 0 Å². The molecule has 0 aliphatic carbocycles. The van der Waals surface area contributed by atoms with E-state index in [0.29, 0.717) is 11.4 Å². The molecule has 0 aromatic heterocycles. The van der Waals surface area contributed by atoms with Gasteiger partial charge in [0.25, 0.3) is 5.91 Å². The summed E-state index contributed by atoms with van der Waals surface area (Å²) in [6, 6.07) is 16.0. The molecule has 0 aliphatic heterocycles. The molecule has 2 rings (SSSR count). The number of carbonyl (C=O) groups is 3. The van der Waals surface area contributed by atoms with Crippen LogP contribution in [0, 0.1) is 11.3 Å². The zero-order valence-electron chi connectivity index (χ0n) is 14.4. The Hall–Kier alpha value is -3.86. The van der Waals surface area contributed by atoms with Crippen molar-refractivity contribution in [3.8, 4) is 6.07 Å². The molecule has 3 amide bonds. The molecule has 138 valence electrons. The van der Waals surface area contributed by atoms with Crippen LogP contribution in [-0.4, -0.2) is 31.1 Å². The van der Waals surface area contributed by atoms with Gasteiger partial charge in [-0.3, -0.25) is 4.79 Å². The Morgan fingerprint density at radius 3 is 2.33 bits per heavy atom. The van der Waals surface area contributed by atoms with E-state index in [9.17, 15) is 14.4 Å². The van der Waals surface area contributed by atoms with Crippen molar-refractivity contribution in [3.63, 3.8) is 0 Å². The number of ether oxygens (including phenoxy) is 1. The lowest BCUT2D eigenvalue weighted by Crippen LogP contribution is -2.35. The summed E-state index contributed by atoms with van der Waals surface area (Å²) in [5, 5.41) is 11.2. The van der Waals surface area contributed by atoms with E-state index in [1.165, 1.54) is 29.2 Å². The van der Waals surface area contributed by atoms with E-state index in [1.807, 2.05) is 12.1 Å². The Morgan fingerprint density at radius 2 is 1.74 bits per heavy atom. The number of hydrogen-bond acceptors (Lipinski definition) is 5. The maximum absolute atomic E-state index is 12.4. The average Bonchev–Trinajstić information content (AvgIpc) is 2.67. The van der Waals surface area contributed by atoms with Crippen LogP contribution < -0.4 is 16.0 Å². The number of para-hydroxylation sites is 1. The van der Waals surface area contributed by atoms with Gasteiger partial charge in [0.2, 0.25) is 0 Å². The second-order valence-corrected chi connectivity index (χ2v) is 5.43. The highest BCUT2D eigenvalue weighted by Gasteiger charge is 2.18. The van der Waals surface area contributed by atoms with Gasteiger partial charge in [-0.2, -0.15) is 5.26 Å². The molecule has 3 N–H and O–H groups in total. The predicted octanol–water partition coefficient (Wildman–Crippen LogP) is 2.28. The predicted molar refractivity (Wildman–Crippen MR) is 99.0 cm³/mol. The quantitative estimate of drug-likeness (QED) is 0.727. The van der Waals surface area contributed by atoms with Crippen molar-refractivity contribution in [2.45, 2.75) is 6.42 Å². The third-order valence-corrected chi connectivity index (χ3v) is 3.53. The van der Waals surface area contributed by atoms with Crippen molar-refractivity contribution in [1.29, 1.82) is 5.26 Å². The lowest BCUT2D eigenvalue weighted by Gasteiger charge is -2.21. The Balaban J connectivity index is 1.98. The minimum atomic E-state index is -0.714. The first-order valence-corrected chi connectivity index (χ1v) is 8.07. The summed E-state index contributed by atoms with van der Waals surface area (Å²) < 4.78 is 5.07. The van der Waals surface area contributed by atoms with Gasteiger partial charge in [0.15, 0.2) is 6.61 Å². The van der Waals surface area contributed by atoms with Crippen LogP contribution in [0.2, 0.25) is 0 Å². The Labute approximate surface area is 156 Å². The van der Waals surface area contributed by atoms with Crippen molar-refractivity contribution < 1.29 is 19.1 Å². The zero-order chi connectivity index (χ0) is 19.6. The number of primary amides is 1. The minimum Gasteiger partial charge on any atom is -0.452 e. The summed E-state index contributed by atoms with van der Waals surface area (Å²) in [6.45, 7) is -0.259. The van der Waals surface area contributed by atoms with Gasteiger partial charge in [-0.25, -0.2) is 9.59 Å². The molecule has 0 atom stereocenters. The third kappa shape index (κ3) is 5.86. The van der Waals surface area contributed by atoms with Crippen LogP contribution in [0.3, 0.4) is 0 Å². The highest BCUT2D eigenvalue weighted by Crippen LogP contribution is 2.15. The van der Waals surface area contributed by atoms with Gasteiger partial charge in [0, 0.05) is 17.9 Å². The largest absolute Gasteiger partial charge is 0.452 e. The van der Waals surface area contributed by atoms with Gasteiger partial charge in [-0.05, 0) is 36.4 Å². The molecule has 2 aromatic carbocycles. The Morgan fingerprint density at radius 1 is 1.07 bits per heavy atom. The summed E-state index contributed by atoms with van der Waals surface area (Å²) in [5.74, 6) is -1.11. The van der Waals surface area contributed by atoms with Crippen molar-refractivity contribution >= 4 is 29.3 Å². The number of nitrogens with one attached hydrogen (secondary N) is 1. The van der Waals surface area contributed by atoms with Crippen molar-refractivity contribution in [2.24, 2.45) is 5.73 Å². The fourth-order valence-electron chi connectivity index (χ4n) is 2.29.